The highest BCUT2D eigenvalue weighted by Crippen LogP contribution is 2.30. The monoisotopic (exact) mass is 328 g/mol. The molecule has 126 valence electrons. The van der Waals surface area contributed by atoms with Gasteiger partial charge in [0.25, 0.3) is 5.56 Å². The standard InChI is InChI=1S/C10H11F3N2O5.CH4O/c11-10(12,13)4-2-15(9(19)14-8(4)18)7-1-5(17)6(3-16)20-7;1-2/h2,5-7,16-17H,1,3H2,(H,14,18,19);2H,1H3/t5-,6+,7+;/m0./s1. The Balaban J connectivity index is 0.00000116. The first-order chi connectivity index (χ1) is 10.2. The zero-order valence-electron chi connectivity index (χ0n) is 11.4. The Bertz CT molecular complexity index is 611. The Morgan fingerprint density at radius 3 is 2.45 bits per heavy atom. The van der Waals surface area contributed by atoms with E-state index in [9.17, 15) is 27.9 Å². The zero-order valence-corrected chi connectivity index (χ0v) is 11.4. The quantitative estimate of drug-likeness (QED) is 0.541. The van der Waals surface area contributed by atoms with Gasteiger partial charge in [-0.05, 0) is 0 Å². The van der Waals surface area contributed by atoms with Crippen LogP contribution in [0.2, 0.25) is 0 Å². The smallest absolute Gasteiger partial charge is 0.400 e. The lowest BCUT2D eigenvalue weighted by Gasteiger charge is -2.16. The van der Waals surface area contributed by atoms with E-state index in [0.29, 0.717) is 10.8 Å². The predicted molar refractivity (Wildman–Crippen MR) is 66.1 cm³/mol. The first kappa shape index (κ1) is 18.4. The van der Waals surface area contributed by atoms with Crippen molar-refractivity contribution in [1.82, 2.24) is 9.55 Å². The first-order valence-corrected chi connectivity index (χ1v) is 6.05. The summed E-state index contributed by atoms with van der Waals surface area (Å²) in [5, 5.41) is 25.4. The third kappa shape index (κ3) is 3.74. The summed E-state index contributed by atoms with van der Waals surface area (Å²) in [5.41, 5.74) is -4.17. The molecule has 2 heterocycles. The van der Waals surface area contributed by atoms with E-state index in [1.54, 1.807) is 4.98 Å². The van der Waals surface area contributed by atoms with Crippen LogP contribution >= 0.6 is 0 Å². The number of ether oxygens (including phenoxy) is 1. The lowest BCUT2D eigenvalue weighted by atomic mass is 10.2. The summed E-state index contributed by atoms with van der Waals surface area (Å²) in [6.07, 6.45) is -8.04. The minimum atomic E-state index is -4.92. The number of hydrogen-bond acceptors (Lipinski definition) is 6. The summed E-state index contributed by atoms with van der Waals surface area (Å²) in [6.45, 7) is -0.540. The molecule has 1 saturated heterocycles. The summed E-state index contributed by atoms with van der Waals surface area (Å²) in [7, 11) is 1.00. The van der Waals surface area contributed by atoms with Gasteiger partial charge in [-0.2, -0.15) is 13.2 Å². The molecule has 1 fully saturated rings. The number of alkyl halides is 3. The topological polar surface area (TPSA) is 125 Å². The molecule has 2 rings (SSSR count). The van der Waals surface area contributed by atoms with Crippen LogP contribution in [0.15, 0.2) is 15.8 Å². The molecular weight excluding hydrogens is 313 g/mol. The van der Waals surface area contributed by atoms with Gasteiger partial charge in [-0.1, -0.05) is 0 Å². The molecule has 1 aliphatic rings. The first-order valence-electron chi connectivity index (χ1n) is 6.05. The van der Waals surface area contributed by atoms with E-state index in [4.69, 9.17) is 14.9 Å². The molecule has 8 nitrogen and oxygen atoms in total. The number of H-pyrrole nitrogens is 1. The summed E-state index contributed by atoms with van der Waals surface area (Å²) in [6, 6.07) is 0. The van der Waals surface area contributed by atoms with Crippen molar-refractivity contribution < 1.29 is 33.2 Å². The normalized spacial score (nSPS) is 24.8. The number of rotatable bonds is 2. The Kier molecular flexibility index (Phi) is 5.88. The highest BCUT2D eigenvalue weighted by atomic mass is 19.4. The fourth-order valence-electron chi connectivity index (χ4n) is 1.95. The molecule has 1 aliphatic heterocycles. The molecule has 22 heavy (non-hydrogen) atoms. The van der Waals surface area contributed by atoms with Crippen molar-refractivity contribution in [2.75, 3.05) is 13.7 Å². The lowest BCUT2D eigenvalue weighted by Crippen LogP contribution is -2.36. The molecule has 4 N–H and O–H groups in total. The van der Waals surface area contributed by atoms with Crippen molar-refractivity contribution in [3.05, 3.63) is 32.6 Å². The Morgan fingerprint density at radius 2 is 2.00 bits per heavy atom. The van der Waals surface area contributed by atoms with Gasteiger partial charge in [-0.3, -0.25) is 14.3 Å². The molecule has 0 amide bonds. The number of aliphatic hydroxyl groups excluding tert-OH is 3. The number of nitrogens with zero attached hydrogens (tertiary/aromatic N) is 1. The Hall–Kier alpha value is -1.69. The van der Waals surface area contributed by atoms with Gasteiger partial charge in [0.05, 0.1) is 12.7 Å². The molecule has 0 bridgehead atoms. The minimum absolute atomic E-state index is 0.172. The second-order valence-corrected chi connectivity index (χ2v) is 4.32. The van der Waals surface area contributed by atoms with Crippen LogP contribution < -0.4 is 11.2 Å². The third-order valence-electron chi connectivity index (χ3n) is 2.97. The molecule has 1 aromatic rings. The van der Waals surface area contributed by atoms with Gasteiger partial charge in [0.1, 0.15) is 17.9 Å². The van der Waals surface area contributed by atoms with Crippen LogP contribution in [0.3, 0.4) is 0 Å². The van der Waals surface area contributed by atoms with Crippen molar-refractivity contribution in [3.63, 3.8) is 0 Å². The number of aliphatic hydroxyl groups is 3. The molecule has 0 aromatic carbocycles. The molecule has 0 spiro atoms. The van der Waals surface area contributed by atoms with E-state index in [0.717, 1.165) is 7.11 Å². The maximum Gasteiger partial charge on any atom is 0.423 e. The summed E-state index contributed by atoms with van der Waals surface area (Å²) >= 11 is 0. The van der Waals surface area contributed by atoms with Crippen molar-refractivity contribution >= 4 is 0 Å². The molecule has 0 unspecified atom stereocenters. The van der Waals surface area contributed by atoms with Crippen molar-refractivity contribution in [1.29, 1.82) is 0 Å². The zero-order chi connectivity index (χ0) is 17.1. The van der Waals surface area contributed by atoms with E-state index in [1.165, 1.54) is 0 Å². The van der Waals surface area contributed by atoms with Crippen molar-refractivity contribution in [3.8, 4) is 0 Å². The number of hydrogen-bond donors (Lipinski definition) is 4. The molecule has 0 radical (unpaired) electrons. The van der Waals surface area contributed by atoms with Crippen LogP contribution in [0.5, 0.6) is 0 Å². The average Bonchev–Trinajstić information content (AvgIpc) is 2.80. The summed E-state index contributed by atoms with van der Waals surface area (Å²) < 4.78 is 43.4. The van der Waals surface area contributed by atoms with E-state index in [-0.39, 0.29) is 6.42 Å². The molecule has 1 aromatic heterocycles. The SMILES string of the molecule is CO.O=c1[nH]c(=O)n([C@H]2C[C@H](O)[C@@H](CO)O2)cc1C(F)(F)F. The van der Waals surface area contributed by atoms with Crippen LogP contribution in [0.4, 0.5) is 13.2 Å². The van der Waals surface area contributed by atoms with Gasteiger partial charge in [0, 0.05) is 19.7 Å². The van der Waals surface area contributed by atoms with Crippen LogP contribution in [-0.2, 0) is 10.9 Å². The highest BCUT2D eigenvalue weighted by molar-refractivity contribution is 5.09. The van der Waals surface area contributed by atoms with Crippen molar-refractivity contribution in [2.45, 2.75) is 31.0 Å². The molecular formula is C11H15F3N2O6. The van der Waals surface area contributed by atoms with Crippen LogP contribution in [0.1, 0.15) is 18.2 Å². The molecule has 0 aliphatic carbocycles. The summed E-state index contributed by atoms with van der Waals surface area (Å²) in [4.78, 5) is 24.2. The number of aromatic nitrogens is 2. The second-order valence-electron chi connectivity index (χ2n) is 4.32. The predicted octanol–water partition coefficient (Wildman–Crippen LogP) is -1.20. The van der Waals surface area contributed by atoms with E-state index >= 15 is 0 Å². The van der Waals surface area contributed by atoms with E-state index < -0.39 is 48.0 Å². The van der Waals surface area contributed by atoms with Gasteiger partial charge in [-0.25, -0.2) is 4.79 Å². The minimum Gasteiger partial charge on any atom is -0.400 e. The van der Waals surface area contributed by atoms with Gasteiger partial charge in [0.15, 0.2) is 0 Å². The van der Waals surface area contributed by atoms with E-state index in [2.05, 4.69) is 0 Å². The highest BCUT2D eigenvalue weighted by Gasteiger charge is 2.38. The molecule has 0 saturated carbocycles. The second kappa shape index (κ2) is 7.05. The third-order valence-corrected chi connectivity index (χ3v) is 2.97. The Morgan fingerprint density at radius 1 is 1.41 bits per heavy atom. The van der Waals surface area contributed by atoms with Gasteiger partial charge in [-0.15, -0.1) is 0 Å². The fraction of sp³-hybridized carbons (Fsp3) is 0.636. The van der Waals surface area contributed by atoms with E-state index in [1.807, 2.05) is 0 Å². The fourth-order valence-corrected chi connectivity index (χ4v) is 1.95. The maximum absolute atomic E-state index is 12.6. The van der Waals surface area contributed by atoms with Crippen LogP contribution in [0, 0.1) is 0 Å². The van der Waals surface area contributed by atoms with Crippen LogP contribution in [0.25, 0.3) is 0 Å². The lowest BCUT2D eigenvalue weighted by molar-refractivity contribution is -0.139. The van der Waals surface area contributed by atoms with Gasteiger partial charge >= 0.3 is 11.9 Å². The molecule has 11 heteroatoms. The molecule has 3 atom stereocenters. The maximum atomic E-state index is 12.6. The number of nitrogens with one attached hydrogen (secondary N) is 1. The average molecular weight is 328 g/mol. The van der Waals surface area contributed by atoms with Crippen LogP contribution in [-0.4, -0.2) is 50.8 Å². The van der Waals surface area contributed by atoms with Crippen molar-refractivity contribution in [2.24, 2.45) is 0 Å². The summed E-state index contributed by atoms with van der Waals surface area (Å²) in [5.74, 6) is 0. The van der Waals surface area contributed by atoms with Gasteiger partial charge < -0.3 is 20.1 Å². The Labute approximate surface area is 121 Å². The van der Waals surface area contributed by atoms with Gasteiger partial charge in [0.2, 0.25) is 0 Å². The largest absolute Gasteiger partial charge is 0.423 e. The number of aromatic amines is 1. The number of halogens is 3.